The normalized spacial score (nSPS) is 19.7. The standard InChI is InChI=1S/2C16H13.C6H13.3CH3.Hf.H2Si/c2*1-12-6-2-3-9-14(12)16-11-5-8-13-7-4-10-15(13)16;1-3-5-6-4-2;;;;;/h2*2-11H,1H3;1,3-6H2,2H3;3*1H3;;1H2. The Balaban J connectivity index is 1.57. The van der Waals surface area contributed by atoms with Crippen molar-refractivity contribution < 1.29 is 14.2 Å². The van der Waals surface area contributed by atoms with Crippen molar-refractivity contribution in [2.24, 2.45) is 0 Å². The minimum atomic E-state index is -4.94. The van der Waals surface area contributed by atoms with E-state index in [0.29, 0.717) is 7.35 Å². The molecule has 4 aromatic rings. The van der Waals surface area contributed by atoms with E-state index in [-0.39, 0.29) is 0 Å². The van der Waals surface area contributed by atoms with Crippen molar-refractivity contribution in [3.63, 3.8) is 0 Å². The Morgan fingerprint density at radius 1 is 0.558 bits per heavy atom. The molecule has 2 atom stereocenters. The number of hydrogen-bond donors (Lipinski definition) is 0. The van der Waals surface area contributed by atoms with Crippen LogP contribution < -0.4 is 0 Å². The fourth-order valence-corrected chi connectivity index (χ4v) is 48.5. The van der Waals surface area contributed by atoms with Crippen LogP contribution in [0.2, 0.25) is 18.2 Å². The molecule has 0 aromatic heterocycles. The molecule has 2 aliphatic rings. The number of unbranched alkanes of at least 4 members (excludes halogenated alkanes) is 3. The van der Waals surface area contributed by atoms with Crippen LogP contribution in [0.4, 0.5) is 0 Å². The summed E-state index contributed by atoms with van der Waals surface area (Å²) in [6, 6.07) is 32.1. The molecule has 0 heterocycles. The second-order valence-electron chi connectivity index (χ2n) is 17.3. The minimum absolute atomic E-state index is 0.436. The monoisotopic (exact) mass is 750 g/mol. The molecule has 0 N–H and O–H groups in total. The van der Waals surface area contributed by atoms with Gasteiger partial charge in [0.05, 0.1) is 0 Å². The summed E-state index contributed by atoms with van der Waals surface area (Å²) in [7, 11) is 0. The Bertz CT molecular complexity index is 1810. The summed E-state index contributed by atoms with van der Waals surface area (Å²) in [5.74, 6) is 0. The summed E-state index contributed by atoms with van der Waals surface area (Å²) >= 11 is -4.94. The summed E-state index contributed by atoms with van der Waals surface area (Å²) in [5, 5.41) is 0. The van der Waals surface area contributed by atoms with Crippen molar-refractivity contribution in [1.29, 1.82) is 0 Å². The van der Waals surface area contributed by atoms with Gasteiger partial charge in [0, 0.05) is 0 Å². The van der Waals surface area contributed by atoms with Crippen LogP contribution in [-0.4, -0.2) is 6.94 Å². The third kappa shape index (κ3) is 4.79. The molecule has 0 radical (unpaired) electrons. The fourth-order valence-electron chi connectivity index (χ4n) is 9.32. The second kappa shape index (κ2) is 9.72. The molecule has 43 heavy (non-hydrogen) atoms. The summed E-state index contributed by atoms with van der Waals surface area (Å²) in [6.45, 7) is 9.35. The molecular formula is C41H50HfSi. The van der Waals surface area contributed by atoms with Crippen molar-refractivity contribution in [3.05, 3.63) is 130 Å². The summed E-state index contributed by atoms with van der Waals surface area (Å²) < 4.78 is 10.8. The third-order valence-corrected chi connectivity index (χ3v) is 58.1. The van der Waals surface area contributed by atoms with E-state index in [2.05, 4.69) is 151 Å². The zero-order valence-electron chi connectivity index (χ0n) is 27.3. The Morgan fingerprint density at radius 3 is 1.44 bits per heavy atom. The van der Waals surface area contributed by atoms with E-state index in [1.807, 2.05) is 0 Å². The van der Waals surface area contributed by atoms with Gasteiger partial charge in [0.25, 0.3) is 0 Å². The maximum absolute atomic E-state index is 4.94. The van der Waals surface area contributed by atoms with Gasteiger partial charge >= 0.3 is 258 Å². The molecule has 0 nitrogen and oxygen atoms in total. The third-order valence-electron chi connectivity index (χ3n) is 12.1. The quantitative estimate of drug-likeness (QED) is 0.118. The van der Waals surface area contributed by atoms with Gasteiger partial charge in [-0.25, -0.2) is 0 Å². The van der Waals surface area contributed by atoms with E-state index < -0.39 is 14.2 Å². The number of hydrogen-bond acceptors (Lipinski definition) is 0. The molecule has 0 bridgehead atoms. The van der Waals surface area contributed by atoms with E-state index in [4.69, 9.17) is 0 Å². The molecule has 2 unspecified atom stereocenters. The summed E-state index contributed by atoms with van der Waals surface area (Å²) in [4.78, 5) is 0. The van der Waals surface area contributed by atoms with Crippen LogP contribution in [-0.2, 0) is 14.2 Å². The van der Waals surface area contributed by atoms with Crippen molar-refractivity contribution in [2.75, 3.05) is 0 Å². The van der Waals surface area contributed by atoms with E-state index in [0.717, 1.165) is 0 Å². The van der Waals surface area contributed by atoms with Crippen LogP contribution in [0.25, 0.3) is 34.4 Å². The predicted molar refractivity (Wildman–Crippen MR) is 192 cm³/mol. The molecule has 0 fully saturated rings. The van der Waals surface area contributed by atoms with E-state index in [1.54, 1.807) is 11.1 Å². The van der Waals surface area contributed by atoms with Crippen LogP contribution in [0.1, 0.15) is 73.3 Å². The fraction of sp³-hybridized carbons (Fsp3) is 0.317. The molecule has 2 heteroatoms. The van der Waals surface area contributed by atoms with Crippen LogP contribution in [0.3, 0.4) is 0 Å². The van der Waals surface area contributed by atoms with Crippen LogP contribution >= 0.6 is 0 Å². The topological polar surface area (TPSA) is 0 Å². The molecule has 0 saturated carbocycles. The molecule has 0 spiro atoms. The molecular weight excluding hydrogens is 699 g/mol. The zero-order chi connectivity index (χ0) is 30.6. The van der Waals surface area contributed by atoms with Gasteiger partial charge < -0.3 is 0 Å². The number of fused-ring (bicyclic) bond motifs is 2. The molecule has 2 aliphatic carbocycles. The SMILES string of the molecule is CCCCC[CH2][Hf]([CH3])([CH3])([CH3])(=[SiH2])([CH]1C=Cc2c(-c3ccccc3C)cccc21)[CH]1C=Cc2c(-c3ccccc3C)cccc21. The summed E-state index contributed by atoms with van der Waals surface area (Å²) in [6.07, 6.45) is 15.5. The Labute approximate surface area is 256 Å². The maximum atomic E-state index is 2.85. The molecule has 222 valence electrons. The molecule has 0 saturated heterocycles. The van der Waals surface area contributed by atoms with Gasteiger partial charge in [-0.15, -0.1) is 0 Å². The number of benzene rings is 4. The Morgan fingerprint density at radius 2 is 1.00 bits per heavy atom. The number of allylic oxidation sites excluding steroid dienone is 2. The van der Waals surface area contributed by atoms with Gasteiger partial charge in [0.2, 0.25) is 0 Å². The van der Waals surface area contributed by atoms with Crippen molar-refractivity contribution >= 4 is 19.1 Å². The Hall–Kier alpha value is -2.55. The second-order valence-corrected chi connectivity index (χ2v) is 99.0. The van der Waals surface area contributed by atoms with Crippen molar-refractivity contribution in [2.45, 2.75) is 72.0 Å². The first kappa shape index (κ1) is 30.5. The average molecular weight is 749 g/mol. The van der Waals surface area contributed by atoms with E-state index >= 15 is 0 Å². The molecule has 6 rings (SSSR count). The van der Waals surface area contributed by atoms with Gasteiger partial charge in [0.1, 0.15) is 0 Å². The van der Waals surface area contributed by atoms with Crippen molar-refractivity contribution in [3.8, 4) is 22.3 Å². The molecule has 0 aliphatic heterocycles. The first-order valence-corrected chi connectivity index (χ1v) is 42.4. The number of aryl methyl sites for hydroxylation is 2. The first-order chi connectivity index (χ1) is 20.3. The number of rotatable bonds is 9. The van der Waals surface area contributed by atoms with Gasteiger partial charge in [0.15, 0.2) is 0 Å². The molecule has 4 aromatic carbocycles. The van der Waals surface area contributed by atoms with Crippen LogP contribution in [0.5, 0.6) is 0 Å². The van der Waals surface area contributed by atoms with Crippen molar-refractivity contribution in [1.82, 2.24) is 0 Å². The van der Waals surface area contributed by atoms with Gasteiger partial charge in [-0.3, -0.25) is 0 Å². The van der Waals surface area contributed by atoms with Gasteiger partial charge in [-0.1, -0.05) is 0 Å². The van der Waals surface area contributed by atoms with E-state index in [9.17, 15) is 0 Å². The van der Waals surface area contributed by atoms with Crippen LogP contribution in [0, 0.1) is 13.8 Å². The van der Waals surface area contributed by atoms with E-state index in [1.165, 1.54) is 74.4 Å². The Kier molecular flexibility index (Phi) is 6.89. The molecule has 0 amide bonds. The van der Waals surface area contributed by atoms with Gasteiger partial charge in [-0.05, 0) is 0 Å². The van der Waals surface area contributed by atoms with Gasteiger partial charge in [-0.2, -0.15) is 0 Å². The van der Waals surface area contributed by atoms with Crippen LogP contribution in [0.15, 0.2) is 97.1 Å². The average Bonchev–Trinajstić information content (AvgIpc) is 3.63. The first-order valence-electron chi connectivity index (χ1n) is 16.6. The summed E-state index contributed by atoms with van der Waals surface area (Å²) in [5.41, 5.74) is 14.2. The zero-order valence-corrected chi connectivity index (χ0v) is 32.3. The predicted octanol–water partition coefficient (Wildman–Crippen LogP) is 11.9.